The second-order valence-corrected chi connectivity index (χ2v) is 9.69. The van der Waals surface area contributed by atoms with Crippen molar-refractivity contribution in [1.29, 1.82) is 0 Å². The predicted molar refractivity (Wildman–Crippen MR) is 131 cm³/mol. The van der Waals surface area contributed by atoms with Gasteiger partial charge in [-0.25, -0.2) is 9.67 Å². The van der Waals surface area contributed by atoms with Crippen LogP contribution in [0.5, 0.6) is 5.75 Å². The molecule has 1 aliphatic carbocycles. The average molecular weight is 528 g/mol. The van der Waals surface area contributed by atoms with Crippen molar-refractivity contribution in [3.8, 4) is 11.4 Å². The Morgan fingerprint density at radius 2 is 2.21 bits per heavy atom. The molecule has 1 aromatic carbocycles. The molecule has 2 aromatic heterocycles. The maximum absolute atomic E-state index is 12.3. The van der Waals surface area contributed by atoms with Crippen LogP contribution in [0.3, 0.4) is 0 Å². The monoisotopic (exact) mass is 527 g/mol. The van der Waals surface area contributed by atoms with Gasteiger partial charge in [-0.1, -0.05) is 6.92 Å². The number of nitrogens with zero attached hydrogens (tertiary/aromatic N) is 5. The zero-order valence-electron chi connectivity index (χ0n) is 19.3. The molecule has 3 aromatic rings. The van der Waals surface area contributed by atoms with Crippen LogP contribution in [0.1, 0.15) is 33.1 Å². The van der Waals surface area contributed by atoms with Crippen molar-refractivity contribution in [3.05, 3.63) is 29.0 Å². The summed E-state index contributed by atoms with van der Waals surface area (Å²) in [7, 11) is 1.67. The maximum Gasteiger partial charge on any atom is 0.265 e. The topological polar surface area (TPSA) is 114 Å². The number of aromatic nitrogens is 4. The molecular formula is C23H26BrN7O3. The quantitative estimate of drug-likeness (QED) is 0.523. The second kappa shape index (κ2) is 8.53. The molecule has 0 bridgehead atoms. The third-order valence-corrected chi connectivity index (χ3v) is 7.26. The Hall–Kier alpha value is -3.21. The Bertz CT molecular complexity index is 1290. The van der Waals surface area contributed by atoms with Gasteiger partial charge in [-0.2, -0.15) is 10.1 Å². The molecular weight excluding hydrogens is 502 g/mol. The Morgan fingerprint density at radius 3 is 2.97 bits per heavy atom. The number of hydrogen-bond acceptors (Lipinski definition) is 7. The number of carbonyl (C=O) groups is 2. The van der Waals surface area contributed by atoms with E-state index in [0.717, 1.165) is 29.6 Å². The molecule has 178 valence electrons. The van der Waals surface area contributed by atoms with Gasteiger partial charge in [0.25, 0.3) is 5.91 Å². The molecule has 1 saturated carbocycles. The molecule has 10 nitrogen and oxygen atoms in total. The summed E-state index contributed by atoms with van der Waals surface area (Å²) in [5.74, 6) is 1.13. The lowest BCUT2D eigenvalue weighted by molar-refractivity contribution is -0.129. The lowest BCUT2D eigenvalue weighted by atomic mass is 9.87. The van der Waals surface area contributed by atoms with Crippen molar-refractivity contribution < 1.29 is 14.3 Å². The Kier molecular flexibility index (Phi) is 5.67. The summed E-state index contributed by atoms with van der Waals surface area (Å²) >= 11 is 3.51. The third-order valence-electron chi connectivity index (χ3n) is 6.68. The van der Waals surface area contributed by atoms with Gasteiger partial charge in [0.15, 0.2) is 12.3 Å². The number of ether oxygens (including phenoxy) is 1. The summed E-state index contributed by atoms with van der Waals surface area (Å²) in [5.41, 5.74) is 1.75. The number of hydrogen-bond donors (Lipinski definition) is 2. The standard InChI is InChI=1S/C23H26BrN7O3/c1-4-30-16-6-5-14(9-17(16)34-12-18(30)32)31-20-15(19(24)29-31)11-26-22(28-20)27-13-7-8-23(2,10-13)21(33)25-3/h5-6,9,11,13H,4,7-8,10,12H2,1-3H3,(H,25,33)(H,26,27,28)/t13-,23-/m1/s1. The van der Waals surface area contributed by atoms with Crippen molar-refractivity contribution in [2.75, 3.05) is 30.4 Å². The first-order chi connectivity index (χ1) is 16.3. The first-order valence-corrected chi connectivity index (χ1v) is 12.1. The van der Waals surface area contributed by atoms with E-state index in [9.17, 15) is 9.59 Å². The van der Waals surface area contributed by atoms with E-state index in [4.69, 9.17) is 9.72 Å². The Morgan fingerprint density at radius 1 is 1.38 bits per heavy atom. The lowest BCUT2D eigenvalue weighted by Crippen LogP contribution is -2.38. The lowest BCUT2D eigenvalue weighted by Gasteiger charge is -2.28. The van der Waals surface area contributed by atoms with Crippen LogP contribution < -0.4 is 20.3 Å². The number of rotatable bonds is 5. The normalized spacial score (nSPS) is 21.9. The van der Waals surface area contributed by atoms with Gasteiger partial charge in [0.05, 0.1) is 16.8 Å². The summed E-state index contributed by atoms with van der Waals surface area (Å²) in [5, 5.41) is 11.5. The minimum absolute atomic E-state index is 0.0143. The van der Waals surface area contributed by atoms with E-state index >= 15 is 0 Å². The number of benzene rings is 1. The van der Waals surface area contributed by atoms with Gasteiger partial charge in [0.1, 0.15) is 10.4 Å². The summed E-state index contributed by atoms with van der Waals surface area (Å²) in [6.07, 6.45) is 4.12. The average Bonchev–Trinajstić information content (AvgIpc) is 3.38. The molecule has 0 unspecified atom stereocenters. The number of likely N-dealkylation sites (N-methyl/N-ethyl adjacent to an activating group) is 1. The first kappa shape index (κ1) is 22.6. The van der Waals surface area contributed by atoms with E-state index in [1.54, 1.807) is 22.8 Å². The summed E-state index contributed by atoms with van der Waals surface area (Å²) < 4.78 is 8.05. The third kappa shape index (κ3) is 3.77. The fraction of sp³-hybridized carbons (Fsp3) is 0.435. The van der Waals surface area contributed by atoms with Crippen molar-refractivity contribution in [1.82, 2.24) is 25.1 Å². The van der Waals surface area contributed by atoms with Gasteiger partial charge in [-0.15, -0.1) is 0 Å². The number of fused-ring (bicyclic) bond motifs is 2. The molecule has 34 heavy (non-hydrogen) atoms. The molecule has 1 aliphatic heterocycles. The van der Waals surface area contributed by atoms with E-state index < -0.39 is 5.41 Å². The number of amides is 2. The fourth-order valence-corrected chi connectivity index (χ4v) is 5.28. The van der Waals surface area contributed by atoms with Crippen LogP contribution in [-0.4, -0.2) is 57.8 Å². The van der Waals surface area contributed by atoms with Crippen LogP contribution in [0.2, 0.25) is 0 Å². The van der Waals surface area contributed by atoms with E-state index in [2.05, 4.69) is 36.6 Å². The van der Waals surface area contributed by atoms with Crippen LogP contribution in [0, 0.1) is 5.41 Å². The highest BCUT2D eigenvalue weighted by Crippen LogP contribution is 2.39. The second-order valence-electron chi connectivity index (χ2n) is 8.94. The van der Waals surface area contributed by atoms with Crippen molar-refractivity contribution in [3.63, 3.8) is 0 Å². The fourth-order valence-electron chi connectivity index (χ4n) is 4.84. The van der Waals surface area contributed by atoms with E-state index in [0.29, 0.717) is 34.9 Å². The smallest absolute Gasteiger partial charge is 0.265 e. The molecule has 0 saturated heterocycles. The van der Waals surface area contributed by atoms with Gasteiger partial charge >= 0.3 is 0 Å². The molecule has 0 spiro atoms. The molecule has 2 aliphatic rings. The first-order valence-electron chi connectivity index (χ1n) is 11.3. The van der Waals surface area contributed by atoms with Crippen molar-refractivity contribution in [2.45, 2.75) is 39.2 Å². The van der Waals surface area contributed by atoms with Crippen LogP contribution in [0.4, 0.5) is 11.6 Å². The molecule has 11 heteroatoms. The predicted octanol–water partition coefficient (Wildman–Crippen LogP) is 3.04. The highest BCUT2D eigenvalue weighted by atomic mass is 79.9. The van der Waals surface area contributed by atoms with Gasteiger partial charge in [-0.05, 0) is 54.2 Å². The van der Waals surface area contributed by atoms with Crippen LogP contribution in [0.15, 0.2) is 29.0 Å². The minimum atomic E-state index is -0.391. The van der Waals surface area contributed by atoms with Crippen molar-refractivity contribution >= 4 is 50.4 Å². The van der Waals surface area contributed by atoms with Gasteiger partial charge in [0, 0.05) is 37.3 Å². The minimum Gasteiger partial charge on any atom is -0.481 e. The van der Waals surface area contributed by atoms with Gasteiger partial charge in [0.2, 0.25) is 11.9 Å². The summed E-state index contributed by atoms with van der Waals surface area (Å²) in [4.78, 5) is 35.3. The van der Waals surface area contributed by atoms with E-state index in [1.807, 2.05) is 32.0 Å². The van der Waals surface area contributed by atoms with E-state index in [1.165, 1.54) is 0 Å². The van der Waals surface area contributed by atoms with Crippen LogP contribution >= 0.6 is 15.9 Å². The Balaban J connectivity index is 1.45. The number of nitrogens with one attached hydrogen (secondary N) is 2. The number of halogens is 1. The van der Waals surface area contributed by atoms with Gasteiger partial charge in [-0.3, -0.25) is 9.59 Å². The maximum atomic E-state index is 12.3. The number of carbonyl (C=O) groups excluding carboxylic acids is 2. The molecule has 1 fully saturated rings. The van der Waals surface area contributed by atoms with E-state index in [-0.39, 0.29) is 24.5 Å². The van der Waals surface area contributed by atoms with Crippen LogP contribution in [0.25, 0.3) is 16.7 Å². The van der Waals surface area contributed by atoms with Crippen LogP contribution in [-0.2, 0) is 9.59 Å². The molecule has 3 heterocycles. The largest absolute Gasteiger partial charge is 0.481 e. The van der Waals surface area contributed by atoms with Gasteiger partial charge < -0.3 is 20.3 Å². The highest BCUT2D eigenvalue weighted by molar-refractivity contribution is 9.10. The molecule has 2 atom stereocenters. The molecule has 2 N–H and O–H groups in total. The Labute approximate surface area is 205 Å². The SMILES string of the molecule is CCN1C(=O)COc2cc(-n3nc(Br)c4cnc(N[C@@H]5CC[C@@](C)(C(=O)NC)C5)nc43)ccc21. The summed E-state index contributed by atoms with van der Waals surface area (Å²) in [6, 6.07) is 5.73. The zero-order chi connectivity index (χ0) is 24.0. The molecule has 0 radical (unpaired) electrons. The molecule has 5 rings (SSSR count). The summed E-state index contributed by atoms with van der Waals surface area (Å²) in [6.45, 7) is 4.52. The number of anilines is 2. The van der Waals surface area contributed by atoms with Crippen molar-refractivity contribution in [2.24, 2.45) is 5.41 Å². The highest BCUT2D eigenvalue weighted by Gasteiger charge is 2.41. The molecule has 2 amide bonds. The zero-order valence-corrected chi connectivity index (χ0v) is 20.8.